The number of hydrogen-bond donors (Lipinski definition) is 0. The Hall–Kier alpha value is -1.09. The van der Waals surface area contributed by atoms with Gasteiger partial charge in [-0.3, -0.25) is 9.05 Å². The molecular weight excluding hydrogens is 227 g/mol. The fraction of sp³-hybridized carbons (Fsp3) is 0.273. The number of hydrogen-bond acceptors (Lipinski definition) is 4. The third-order valence-electron chi connectivity index (χ3n) is 2.01. The van der Waals surface area contributed by atoms with Gasteiger partial charge in [0.05, 0.1) is 0 Å². The molecule has 4 nitrogen and oxygen atoms in total. The second kappa shape index (κ2) is 5.30. The van der Waals surface area contributed by atoms with Gasteiger partial charge in [-0.1, -0.05) is 24.3 Å². The summed E-state index contributed by atoms with van der Waals surface area (Å²) in [6, 6.07) is 7.03. The van der Waals surface area contributed by atoms with Gasteiger partial charge in [0.1, 0.15) is 5.75 Å². The predicted octanol–water partition coefficient (Wildman–Crippen LogP) is 3.50. The van der Waals surface area contributed by atoms with Crippen LogP contribution in [0.25, 0.3) is 5.57 Å². The molecule has 0 aliphatic heterocycles. The van der Waals surface area contributed by atoms with Crippen LogP contribution in [0.3, 0.4) is 0 Å². The first kappa shape index (κ1) is 13.0. The van der Waals surface area contributed by atoms with Crippen LogP contribution in [-0.2, 0) is 13.6 Å². The summed E-state index contributed by atoms with van der Waals surface area (Å²) in [5, 5.41) is 0. The quantitative estimate of drug-likeness (QED) is 0.741. The molecule has 0 aliphatic carbocycles. The lowest BCUT2D eigenvalue weighted by Gasteiger charge is -2.14. The van der Waals surface area contributed by atoms with E-state index in [2.05, 4.69) is 15.6 Å². The number of benzene rings is 1. The third kappa shape index (κ3) is 3.20. The van der Waals surface area contributed by atoms with E-state index < -0.39 is 7.82 Å². The van der Waals surface area contributed by atoms with Crippen LogP contribution in [0, 0.1) is 0 Å². The number of rotatable bonds is 5. The molecule has 0 aliphatic rings. The highest BCUT2D eigenvalue weighted by Gasteiger charge is 2.24. The summed E-state index contributed by atoms with van der Waals surface area (Å²) in [5.41, 5.74) is 1.95. The molecule has 0 unspecified atom stereocenters. The Bertz CT molecular complexity index is 402. The number of allylic oxidation sites excluding steroid dienone is 1. The van der Waals surface area contributed by atoms with Crippen LogP contribution in [0.15, 0.2) is 30.8 Å². The summed E-state index contributed by atoms with van der Waals surface area (Å²) in [7, 11) is -0.924. The molecule has 1 rings (SSSR count). The summed E-state index contributed by atoms with van der Waals surface area (Å²) in [6.45, 7) is 5.72. The van der Waals surface area contributed by atoms with Crippen molar-refractivity contribution < 1.29 is 18.1 Å². The largest absolute Gasteiger partial charge is 0.529 e. The minimum atomic E-state index is -3.46. The maximum absolute atomic E-state index is 11.7. The van der Waals surface area contributed by atoms with E-state index in [1.807, 2.05) is 19.1 Å². The van der Waals surface area contributed by atoms with E-state index >= 15 is 0 Å². The van der Waals surface area contributed by atoms with Gasteiger partial charge in [-0.25, -0.2) is 4.57 Å². The van der Waals surface area contributed by atoms with Crippen molar-refractivity contribution >= 4 is 13.4 Å². The summed E-state index contributed by atoms with van der Waals surface area (Å²) in [5.74, 6) is 0.428. The average Bonchev–Trinajstić information content (AvgIpc) is 2.29. The summed E-state index contributed by atoms with van der Waals surface area (Å²) in [6.07, 6.45) is 0. The normalized spacial score (nSPS) is 11.2. The van der Waals surface area contributed by atoms with Crippen molar-refractivity contribution in [1.29, 1.82) is 0 Å². The molecule has 0 heterocycles. The first-order valence-electron chi connectivity index (χ1n) is 4.68. The van der Waals surface area contributed by atoms with Crippen molar-refractivity contribution in [2.45, 2.75) is 6.92 Å². The number of phosphoric ester groups is 1. The van der Waals surface area contributed by atoms with Crippen molar-refractivity contribution in [2.24, 2.45) is 0 Å². The molecule has 0 atom stereocenters. The van der Waals surface area contributed by atoms with Crippen molar-refractivity contribution in [3.05, 3.63) is 36.4 Å². The van der Waals surface area contributed by atoms with Crippen LogP contribution in [-0.4, -0.2) is 14.2 Å². The van der Waals surface area contributed by atoms with Crippen molar-refractivity contribution in [2.75, 3.05) is 14.2 Å². The van der Waals surface area contributed by atoms with Crippen LogP contribution < -0.4 is 4.52 Å². The SMILES string of the molecule is C=C(C)c1ccc(OP(=O)(OC)OC)cc1. The predicted molar refractivity (Wildman–Crippen MR) is 63.4 cm³/mol. The van der Waals surface area contributed by atoms with Gasteiger partial charge in [0.15, 0.2) is 0 Å². The van der Waals surface area contributed by atoms with E-state index in [-0.39, 0.29) is 0 Å². The molecule has 0 spiro atoms. The first-order chi connectivity index (χ1) is 7.50. The van der Waals surface area contributed by atoms with Gasteiger partial charge in [0.25, 0.3) is 0 Å². The van der Waals surface area contributed by atoms with Gasteiger partial charge in [-0.2, -0.15) is 0 Å². The van der Waals surface area contributed by atoms with E-state index in [0.29, 0.717) is 5.75 Å². The van der Waals surface area contributed by atoms with E-state index in [1.165, 1.54) is 14.2 Å². The van der Waals surface area contributed by atoms with Gasteiger partial charge < -0.3 is 4.52 Å². The Morgan fingerprint density at radius 1 is 1.19 bits per heavy atom. The van der Waals surface area contributed by atoms with E-state index in [4.69, 9.17) is 4.52 Å². The fourth-order valence-electron chi connectivity index (χ4n) is 1.08. The fourth-order valence-corrected chi connectivity index (χ4v) is 1.76. The molecule has 0 N–H and O–H groups in total. The van der Waals surface area contributed by atoms with E-state index in [0.717, 1.165) is 11.1 Å². The second-order valence-electron chi connectivity index (χ2n) is 3.21. The Morgan fingerprint density at radius 2 is 1.69 bits per heavy atom. The first-order valence-corrected chi connectivity index (χ1v) is 6.14. The van der Waals surface area contributed by atoms with Gasteiger partial charge in [-0.15, -0.1) is 0 Å². The molecule has 0 bridgehead atoms. The molecule has 0 amide bonds. The average molecular weight is 242 g/mol. The highest BCUT2D eigenvalue weighted by atomic mass is 31.2. The Labute approximate surface area is 95.5 Å². The van der Waals surface area contributed by atoms with Crippen LogP contribution in [0.5, 0.6) is 5.75 Å². The molecule has 0 saturated carbocycles. The minimum Gasteiger partial charge on any atom is -0.404 e. The highest BCUT2D eigenvalue weighted by Crippen LogP contribution is 2.47. The molecule has 16 heavy (non-hydrogen) atoms. The van der Waals surface area contributed by atoms with E-state index in [1.54, 1.807) is 12.1 Å². The van der Waals surface area contributed by atoms with Gasteiger partial charge in [0.2, 0.25) is 0 Å². The Kier molecular flexibility index (Phi) is 4.30. The minimum absolute atomic E-state index is 0.428. The van der Waals surface area contributed by atoms with Crippen molar-refractivity contribution in [3.8, 4) is 5.75 Å². The molecule has 88 valence electrons. The molecule has 1 aromatic rings. The smallest absolute Gasteiger partial charge is 0.404 e. The van der Waals surface area contributed by atoms with Gasteiger partial charge >= 0.3 is 7.82 Å². The van der Waals surface area contributed by atoms with Gasteiger partial charge in [0, 0.05) is 14.2 Å². The molecule has 0 aromatic heterocycles. The van der Waals surface area contributed by atoms with Crippen LogP contribution >= 0.6 is 7.82 Å². The second-order valence-corrected chi connectivity index (χ2v) is 5.02. The van der Waals surface area contributed by atoms with E-state index in [9.17, 15) is 4.57 Å². The van der Waals surface area contributed by atoms with Gasteiger partial charge in [-0.05, 0) is 24.6 Å². The zero-order valence-corrected chi connectivity index (χ0v) is 10.5. The maximum atomic E-state index is 11.7. The number of phosphoric acid groups is 1. The lowest BCUT2D eigenvalue weighted by Crippen LogP contribution is -1.97. The summed E-state index contributed by atoms with van der Waals surface area (Å²) >= 11 is 0. The molecule has 0 radical (unpaired) electrons. The zero-order chi connectivity index (χ0) is 12.2. The lowest BCUT2D eigenvalue weighted by atomic mass is 10.1. The van der Waals surface area contributed by atoms with Crippen LogP contribution in [0.1, 0.15) is 12.5 Å². The standard InChI is InChI=1S/C11H15O4P/c1-9(2)10-5-7-11(8-6-10)15-16(12,13-3)14-4/h5-8H,1H2,2-4H3. The molecule has 0 saturated heterocycles. The molecular formula is C11H15O4P. The highest BCUT2D eigenvalue weighted by molar-refractivity contribution is 7.48. The van der Waals surface area contributed by atoms with Crippen molar-refractivity contribution in [1.82, 2.24) is 0 Å². The van der Waals surface area contributed by atoms with Crippen LogP contribution in [0.2, 0.25) is 0 Å². The topological polar surface area (TPSA) is 44.8 Å². The summed E-state index contributed by atoms with van der Waals surface area (Å²) in [4.78, 5) is 0. The molecule has 1 aromatic carbocycles. The Balaban J connectivity index is 2.83. The maximum Gasteiger partial charge on any atom is 0.529 e. The third-order valence-corrected chi connectivity index (χ3v) is 3.34. The summed E-state index contributed by atoms with van der Waals surface area (Å²) < 4.78 is 26.1. The lowest BCUT2D eigenvalue weighted by molar-refractivity contribution is 0.211. The monoisotopic (exact) mass is 242 g/mol. The molecule has 0 fully saturated rings. The van der Waals surface area contributed by atoms with Crippen LogP contribution in [0.4, 0.5) is 0 Å². The van der Waals surface area contributed by atoms with Crippen molar-refractivity contribution in [3.63, 3.8) is 0 Å². The molecule has 5 heteroatoms. The zero-order valence-electron chi connectivity index (χ0n) is 9.60. The Morgan fingerprint density at radius 3 is 2.06 bits per heavy atom.